The lowest BCUT2D eigenvalue weighted by atomic mass is 10.0. The zero-order valence-electron chi connectivity index (χ0n) is 9.76. The average Bonchev–Trinajstić information content (AvgIpc) is 2.86. The molecule has 3 N–H and O–H groups in total. The lowest BCUT2D eigenvalue weighted by Crippen LogP contribution is -2.30. The summed E-state index contributed by atoms with van der Waals surface area (Å²) in [7, 11) is 1.96. The van der Waals surface area contributed by atoms with E-state index in [0.29, 0.717) is 0 Å². The summed E-state index contributed by atoms with van der Waals surface area (Å²) >= 11 is 0. The van der Waals surface area contributed by atoms with Gasteiger partial charge in [0.1, 0.15) is 0 Å². The molecule has 2 aliphatic rings. The molecule has 0 aromatic carbocycles. The van der Waals surface area contributed by atoms with E-state index < -0.39 is 0 Å². The molecule has 0 saturated heterocycles. The molecular formula is C12H20N4. The molecule has 0 amide bonds. The minimum Gasteiger partial charge on any atom is -0.275 e. The smallest absolute Gasteiger partial charge is 0.0810 e. The van der Waals surface area contributed by atoms with E-state index in [0.717, 1.165) is 23.4 Å². The number of rotatable bonds is 3. The lowest BCUT2D eigenvalue weighted by Gasteiger charge is -2.13. The van der Waals surface area contributed by atoms with Crippen LogP contribution in [0.3, 0.4) is 0 Å². The fourth-order valence-electron chi connectivity index (χ4n) is 3.53. The lowest BCUT2D eigenvalue weighted by molar-refractivity contribution is 0.442. The Morgan fingerprint density at radius 2 is 2.12 bits per heavy atom. The first kappa shape index (κ1) is 10.3. The van der Waals surface area contributed by atoms with Crippen LogP contribution in [-0.2, 0) is 7.05 Å². The molecule has 1 aromatic heterocycles. The molecule has 0 bridgehead atoms. The number of hydrogen-bond acceptors (Lipinski definition) is 3. The summed E-state index contributed by atoms with van der Waals surface area (Å²) in [6.45, 7) is 0. The summed E-state index contributed by atoms with van der Waals surface area (Å²) in [5.41, 5.74) is 4.08. The van der Waals surface area contributed by atoms with E-state index in [2.05, 4.69) is 16.6 Å². The van der Waals surface area contributed by atoms with Crippen LogP contribution in [0, 0.1) is 17.8 Å². The molecule has 2 aliphatic carbocycles. The van der Waals surface area contributed by atoms with Gasteiger partial charge in [0.25, 0.3) is 0 Å². The molecule has 3 unspecified atom stereocenters. The van der Waals surface area contributed by atoms with Crippen molar-refractivity contribution >= 4 is 0 Å². The molecule has 0 aliphatic heterocycles. The third kappa shape index (κ3) is 1.57. The van der Waals surface area contributed by atoms with Crippen LogP contribution in [0.5, 0.6) is 0 Å². The molecule has 88 valence electrons. The molecular weight excluding hydrogens is 200 g/mol. The van der Waals surface area contributed by atoms with E-state index in [-0.39, 0.29) is 6.04 Å². The standard InChI is InChI=1S/C12H20N4/c1-16-7-6-10(15-16)12(14-13)11-8-4-2-3-5-9(8)11/h6-9,11-12,14H,2-5,13H2,1H3. The fraction of sp³-hybridized carbons (Fsp3) is 0.750. The van der Waals surface area contributed by atoms with Crippen molar-refractivity contribution in [3.63, 3.8) is 0 Å². The van der Waals surface area contributed by atoms with E-state index in [4.69, 9.17) is 5.84 Å². The Hall–Kier alpha value is -0.870. The monoisotopic (exact) mass is 220 g/mol. The molecule has 2 fully saturated rings. The first-order chi connectivity index (χ1) is 7.81. The maximum atomic E-state index is 5.71. The van der Waals surface area contributed by atoms with Crippen molar-refractivity contribution in [2.24, 2.45) is 30.6 Å². The number of fused-ring (bicyclic) bond motifs is 1. The van der Waals surface area contributed by atoms with E-state index in [1.54, 1.807) is 0 Å². The number of nitrogens with one attached hydrogen (secondary N) is 1. The Bertz CT molecular complexity index is 361. The van der Waals surface area contributed by atoms with Crippen LogP contribution in [-0.4, -0.2) is 9.78 Å². The molecule has 0 radical (unpaired) electrons. The molecule has 3 rings (SSSR count). The van der Waals surface area contributed by atoms with Gasteiger partial charge in [-0.3, -0.25) is 16.0 Å². The minimum atomic E-state index is 0.259. The van der Waals surface area contributed by atoms with Gasteiger partial charge in [-0.05, 0) is 36.7 Å². The highest BCUT2D eigenvalue weighted by atomic mass is 15.3. The van der Waals surface area contributed by atoms with Crippen LogP contribution >= 0.6 is 0 Å². The van der Waals surface area contributed by atoms with Crippen LogP contribution in [0.25, 0.3) is 0 Å². The summed E-state index contributed by atoms with van der Waals surface area (Å²) in [4.78, 5) is 0. The number of nitrogens with two attached hydrogens (primary N) is 1. The van der Waals surface area contributed by atoms with Crippen molar-refractivity contribution in [2.75, 3.05) is 0 Å². The SMILES string of the molecule is Cn1ccc(C(NN)C2C3CCCCC32)n1. The number of aromatic nitrogens is 2. The van der Waals surface area contributed by atoms with Crippen molar-refractivity contribution in [1.82, 2.24) is 15.2 Å². The summed E-state index contributed by atoms with van der Waals surface area (Å²) in [6, 6.07) is 2.34. The first-order valence-corrected chi connectivity index (χ1v) is 6.27. The van der Waals surface area contributed by atoms with Crippen LogP contribution < -0.4 is 11.3 Å². The topological polar surface area (TPSA) is 55.9 Å². The zero-order chi connectivity index (χ0) is 11.1. The summed E-state index contributed by atoms with van der Waals surface area (Å²) in [5.74, 6) is 8.23. The van der Waals surface area contributed by atoms with E-state index in [1.165, 1.54) is 25.7 Å². The number of aryl methyl sites for hydroxylation is 1. The normalized spacial score (nSPS) is 34.5. The quantitative estimate of drug-likeness (QED) is 0.597. The van der Waals surface area contributed by atoms with Crippen LogP contribution in [0.4, 0.5) is 0 Å². The van der Waals surface area contributed by atoms with Gasteiger partial charge in [0.15, 0.2) is 0 Å². The summed E-state index contributed by atoms with van der Waals surface area (Å²) in [6.07, 6.45) is 7.57. The maximum absolute atomic E-state index is 5.71. The van der Waals surface area contributed by atoms with Crippen molar-refractivity contribution < 1.29 is 0 Å². The van der Waals surface area contributed by atoms with Crippen LogP contribution in [0.1, 0.15) is 37.4 Å². The Kier molecular flexibility index (Phi) is 2.48. The van der Waals surface area contributed by atoms with Gasteiger partial charge in [0.05, 0.1) is 11.7 Å². The molecule has 4 heteroatoms. The predicted molar refractivity (Wildman–Crippen MR) is 62.2 cm³/mol. The number of hydrogen-bond donors (Lipinski definition) is 2. The first-order valence-electron chi connectivity index (χ1n) is 6.27. The van der Waals surface area contributed by atoms with Gasteiger partial charge in [0, 0.05) is 13.2 Å². The van der Waals surface area contributed by atoms with Crippen molar-refractivity contribution in [3.8, 4) is 0 Å². The number of nitrogens with zero attached hydrogens (tertiary/aromatic N) is 2. The average molecular weight is 220 g/mol. The van der Waals surface area contributed by atoms with Gasteiger partial charge in [-0.15, -0.1) is 0 Å². The second kappa shape index (κ2) is 3.86. The third-order valence-corrected chi connectivity index (χ3v) is 4.34. The molecule has 16 heavy (non-hydrogen) atoms. The largest absolute Gasteiger partial charge is 0.275 e. The molecule has 4 nitrogen and oxygen atoms in total. The van der Waals surface area contributed by atoms with Gasteiger partial charge in [0.2, 0.25) is 0 Å². The van der Waals surface area contributed by atoms with E-state index in [9.17, 15) is 0 Å². The van der Waals surface area contributed by atoms with Gasteiger partial charge in [-0.2, -0.15) is 5.10 Å². The minimum absolute atomic E-state index is 0.259. The summed E-state index contributed by atoms with van der Waals surface area (Å²) in [5, 5.41) is 4.48. The Labute approximate surface area is 96.2 Å². The van der Waals surface area contributed by atoms with E-state index in [1.807, 2.05) is 17.9 Å². The Morgan fingerprint density at radius 1 is 1.44 bits per heavy atom. The third-order valence-electron chi connectivity index (χ3n) is 4.34. The second-order valence-electron chi connectivity index (χ2n) is 5.25. The second-order valence-corrected chi connectivity index (χ2v) is 5.25. The fourth-order valence-corrected chi connectivity index (χ4v) is 3.53. The predicted octanol–water partition coefficient (Wildman–Crippen LogP) is 1.36. The van der Waals surface area contributed by atoms with Gasteiger partial charge in [-0.1, -0.05) is 12.8 Å². The van der Waals surface area contributed by atoms with Gasteiger partial charge >= 0.3 is 0 Å². The highest BCUT2D eigenvalue weighted by molar-refractivity contribution is 5.14. The Morgan fingerprint density at radius 3 is 2.62 bits per heavy atom. The van der Waals surface area contributed by atoms with Gasteiger partial charge in [-0.25, -0.2) is 0 Å². The highest BCUT2D eigenvalue weighted by Gasteiger charge is 2.54. The molecule has 2 saturated carbocycles. The maximum Gasteiger partial charge on any atom is 0.0810 e. The zero-order valence-corrected chi connectivity index (χ0v) is 9.76. The van der Waals surface area contributed by atoms with E-state index >= 15 is 0 Å². The Balaban J connectivity index is 1.77. The molecule has 1 heterocycles. The van der Waals surface area contributed by atoms with Crippen molar-refractivity contribution in [1.29, 1.82) is 0 Å². The highest BCUT2D eigenvalue weighted by Crippen LogP contribution is 2.59. The van der Waals surface area contributed by atoms with Crippen molar-refractivity contribution in [3.05, 3.63) is 18.0 Å². The van der Waals surface area contributed by atoms with Crippen molar-refractivity contribution in [2.45, 2.75) is 31.7 Å². The van der Waals surface area contributed by atoms with Crippen LogP contribution in [0.15, 0.2) is 12.3 Å². The number of hydrazine groups is 1. The summed E-state index contributed by atoms with van der Waals surface area (Å²) < 4.78 is 1.85. The molecule has 0 spiro atoms. The molecule has 3 atom stereocenters. The van der Waals surface area contributed by atoms with Crippen LogP contribution in [0.2, 0.25) is 0 Å². The molecule has 1 aromatic rings. The van der Waals surface area contributed by atoms with Gasteiger partial charge < -0.3 is 0 Å².